The molecule has 0 unspecified atom stereocenters. The molecule has 242 valence electrons. The minimum atomic E-state index is 1.03. The van der Waals surface area contributed by atoms with Gasteiger partial charge in [0, 0.05) is 49.9 Å². The second-order valence-electron chi connectivity index (χ2n) is 13.6. The topological polar surface area (TPSA) is 22.8 Å². The van der Waals surface area contributed by atoms with E-state index in [9.17, 15) is 0 Å². The molecule has 3 nitrogen and oxygen atoms in total. The van der Waals surface area contributed by atoms with Gasteiger partial charge >= 0.3 is 0 Å². The first-order chi connectivity index (χ1) is 25.8. The first kappa shape index (κ1) is 28.8. The van der Waals surface area contributed by atoms with Crippen molar-refractivity contribution in [3.8, 4) is 33.6 Å². The van der Waals surface area contributed by atoms with Gasteiger partial charge in [0.15, 0.2) is 0 Å². The van der Waals surface area contributed by atoms with Gasteiger partial charge in [-0.25, -0.2) is 0 Å². The quantitative estimate of drug-likeness (QED) is 0.172. The fourth-order valence-corrected chi connectivity index (χ4v) is 8.40. The van der Waals surface area contributed by atoms with Crippen LogP contribution in [0.25, 0.3) is 98.9 Å². The van der Waals surface area contributed by atoms with Gasteiger partial charge in [0.1, 0.15) is 0 Å². The molecule has 0 aliphatic heterocycles. The molecule has 11 aromatic rings. The highest BCUT2D eigenvalue weighted by molar-refractivity contribution is 6.14. The summed E-state index contributed by atoms with van der Waals surface area (Å²) >= 11 is 0. The maximum Gasteiger partial charge on any atom is 0.0786 e. The van der Waals surface area contributed by atoms with E-state index in [2.05, 4.69) is 185 Å². The summed E-state index contributed by atoms with van der Waals surface area (Å²) in [5, 5.41) is 8.53. The Morgan fingerprint density at radius 2 is 0.923 bits per heavy atom. The van der Waals surface area contributed by atoms with Crippen LogP contribution in [0.15, 0.2) is 188 Å². The van der Waals surface area contributed by atoms with Gasteiger partial charge in [-0.2, -0.15) is 0 Å². The van der Waals surface area contributed by atoms with Crippen LogP contribution in [0.4, 0.5) is 0 Å². The largest absolute Gasteiger partial charge is 0.309 e. The van der Waals surface area contributed by atoms with Gasteiger partial charge in [-0.3, -0.25) is 4.98 Å². The van der Waals surface area contributed by atoms with E-state index in [4.69, 9.17) is 4.98 Å². The summed E-state index contributed by atoms with van der Waals surface area (Å²) in [5.41, 5.74) is 12.9. The Balaban J connectivity index is 1.12. The molecule has 0 amide bonds. The highest BCUT2D eigenvalue weighted by Gasteiger charge is 2.17. The van der Waals surface area contributed by atoms with Crippen LogP contribution in [-0.4, -0.2) is 14.1 Å². The van der Waals surface area contributed by atoms with Crippen LogP contribution < -0.4 is 0 Å². The maximum atomic E-state index is 4.84. The molecule has 0 atom stereocenters. The van der Waals surface area contributed by atoms with E-state index >= 15 is 0 Å². The lowest BCUT2D eigenvalue weighted by Gasteiger charge is -2.13. The standard InChI is InChI=1S/C49H31N3/c1-2-14-37(15-3-1)51-44-20-6-4-17-40(44)42-26-24-34(30-46(42)51)35-25-27-43-41-18-5-7-21-45(41)52(47(43)31-35)38-16-8-12-36(29-38)39-19-9-11-32-22-23-33-13-10-28-50-49(33)48(32)39/h1-31H. The monoisotopic (exact) mass is 661 g/mol. The minimum absolute atomic E-state index is 1.03. The predicted molar refractivity (Wildman–Crippen MR) is 219 cm³/mol. The Labute approximate surface area is 300 Å². The van der Waals surface area contributed by atoms with Crippen LogP contribution in [0.2, 0.25) is 0 Å². The third kappa shape index (κ3) is 4.30. The second-order valence-corrected chi connectivity index (χ2v) is 13.6. The lowest BCUT2D eigenvalue weighted by atomic mass is 9.96. The SMILES string of the molecule is c1ccc(-n2c3ccccc3c3ccc(-c4ccc5c6ccccc6n(-c6cccc(-c7cccc8ccc9cccnc9c78)c6)c5c4)cc32)cc1. The first-order valence-electron chi connectivity index (χ1n) is 17.8. The van der Waals surface area contributed by atoms with Crippen molar-refractivity contribution in [3.05, 3.63) is 188 Å². The number of pyridine rings is 1. The Morgan fingerprint density at radius 3 is 1.65 bits per heavy atom. The summed E-state index contributed by atoms with van der Waals surface area (Å²) in [6.07, 6.45) is 1.89. The molecular formula is C49H31N3. The number of nitrogens with zero attached hydrogens (tertiary/aromatic N) is 3. The van der Waals surface area contributed by atoms with Crippen LogP contribution in [0.5, 0.6) is 0 Å². The summed E-state index contributed by atoms with van der Waals surface area (Å²) in [4.78, 5) is 4.84. The Bertz CT molecular complexity index is 3180. The van der Waals surface area contributed by atoms with Crippen LogP contribution in [0.3, 0.4) is 0 Å². The first-order valence-corrected chi connectivity index (χ1v) is 17.8. The minimum Gasteiger partial charge on any atom is -0.309 e. The molecule has 0 spiro atoms. The number of hydrogen-bond acceptors (Lipinski definition) is 1. The van der Waals surface area contributed by atoms with Crippen molar-refractivity contribution in [2.24, 2.45) is 0 Å². The molecule has 3 heteroatoms. The summed E-state index contributed by atoms with van der Waals surface area (Å²) in [7, 11) is 0. The van der Waals surface area contributed by atoms with E-state index in [-0.39, 0.29) is 0 Å². The molecule has 3 heterocycles. The zero-order valence-corrected chi connectivity index (χ0v) is 28.2. The molecular weight excluding hydrogens is 631 g/mol. The normalized spacial score (nSPS) is 11.8. The van der Waals surface area contributed by atoms with Crippen LogP contribution in [0.1, 0.15) is 0 Å². The Hall–Kier alpha value is -6.97. The van der Waals surface area contributed by atoms with Crippen molar-refractivity contribution >= 4 is 65.3 Å². The van der Waals surface area contributed by atoms with Crippen molar-refractivity contribution in [1.82, 2.24) is 14.1 Å². The molecule has 0 saturated heterocycles. The molecule has 0 N–H and O–H groups in total. The van der Waals surface area contributed by atoms with E-state index < -0.39 is 0 Å². The van der Waals surface area contributed by atoms with Crippen molar-refractivity contribution in [1.29, 1.82) is 0 Å². The van der Waals surface area contributed by atoms with Crippen molar-refractivity contribution in [3.63, 3.8) is 0 Å². The third-order valence-corrected chi connectivity index (χ3v) is 10.7. The Kier molecular flexibility index (Phi) is 6.25. The van der Waals surface area contributed by atoms with E-state index in [1.54, 1.807) is 0 Å². The van der Waals surface area contributed by atoms with E-state index in [0.29, 0.717) is 0 Å². The lowest BCUT2D eigenvalue weighted by Crippen LogP contribution is -1.95. The molecule has 52 heavy (non-hydrogen) atoms. The fourth-order valence-electron chi connectivity index (χ4n) is 8.40. The second kappa shape index (κ2) is 11.3. The van der Waals surface area contributed by atoms with Gasteiger partial charge in [0.2, 0.25) is 0 Å². The van der Waals surface area contributed by atoms with E-state index in [0.717, 1.165) is 22.3 Å². The summed E-state index contributed by atoms with van der Waals surface area (Å²) in [6.45, 7) is 0. The van der Waals surface area contributed by atoms with Crippen molar-refractivity contribution in [2.75, 3.05) is 0 Å². The Morgan fingerprint density at radius 1 is 0.346 bits per heavy atom. The van der Waals surface area contributed by atoms with Crippen LogP contribution in [-0.2, 0) is 0 Å². The number of hydrogen-bond donors (Lipinski definition) is 0. The molecule has 0 aliphatic carbocycles. The number of benzene rings is 8. The molecule has 11 rings (SSSR count). The number of rotatable bonds is 4. The van der Waals surface area contributed by atoms with E-state index in [1.807, 2.05) is 12.3 Å². The van der Waals surface area contributed by atoms with Gasteiger partial charge in [-0.15, -0.1) is 0 Å². The molecule has 3 aromatic heterocycles. The van der Waals surface area contributed by atoms with Gasteiger partial charge in [0.25, 0.3) is 0 Å². The average molecular weight is 662 g/mol. The van der Waals surface area contributed by atoms with Crippen LogP contribution >= 0.6 is 0 Å². The number of para-hydroxylation sites is 3. The lowest BCUT2D eigenvalue weighted by molar-refractivity contribution is 1.18. The van der Waals surface area contributed by atoms with Gasteiger partial charge < -0.3 is 9.13 Å². The third-order valence-electron chi connectivity index (χ3n) is 10.7. The molecule has 0 fully saturated rings. The maximum absolute atomic E-state index is 4.84. The summed E-state index contributed by atoms with van der Waals surface area (Å²) in [5.74, 6) is 0. The highest BCUT2D eigenvalue weighted by Crippen LogP contribution is 2.39. The molecule has 0 aliphatic rings. The van der Waals surface area contributed by atoms with Gasteiger partial charge in [-0.1, -0.05) is 127 Å². The molecule has 0 radical (unpaired) electrons. The van der Waals surface area contributed by atoms with Gasteiger partial charge in [0.05, 0.1) is 27.6 Å². The summed E-state index contributed by atoms with van der Waals surface area (Å²) in [6, 6.07) is 66.1. The molecule has 0 bridgehead atoms. The molecule has 0 saturated carbocycles. The number of fused-ring (bicyclic) bond motifs is 9. The van der Waals surface area contributed by atoms with Crippen molar-refractivity contribution < 1.29 is 0 Å². The smallest absolute Gasteiger partial charge is 0.0786 e. The van der Waals surface area contributed by atoms with Crippen molar-refractivity contribution in [2.45, 2.75) is 0 Å². The highest BCUT2D eigenvalue weighted by atomic mass is 15.0. The molecule has 8 aromatic carbocycles. The average Bonchev–Trinajstić information content (AvgIpc) is 3.73. The fraction of sp³-hybridized carbons (Fsp3) is 0. The summed E-state index contributed by atoms with van der Waals surface area (Å²) < 4.78 is 4.82. The van der Waals surface area contributed by atoms with Gasteiger partial charge in [-0.05, 0) is 82.2 Å². The zero-order chi connectivity index (χ0) is 34.2. The number of aromatic nitrogens is 3. The predicted octanol–water partition coefficient (Wildman–Crippen LogP) is 12.9. The zero-order valence-electron chi connectivity index (χ0n) is 28.2. The van der Waals surface area contributed by atoms with Crippen LogP contribution in [0, 0.1) is 0 Å². The van der Waals surface area contributed by atoms with E-state index in [1.165, 1.54) is 76.6 Å².